The predicted molar refractivity (Wildman–Crippen MR) is 278 cm³/mol. The van der Waals surface area contributed by atoms with Crippen molar-refractivity contribution in [1.29, 1.82) is 0 Å². The molecule has 0 unspecified atom stereocenters. The molecule has 0 heterocycles. The van der Waals surface area contributed by atoms with Crippen LogP contribution in [0.15, 0.2) is 249 Å². The Morgan fingerprint density at radius 3 is 1.26 bits per heavy atom. The van der Waals surface area contributed by atoms with Gasteiger partial charge in [0.1, 0.15) is 0 Å². The highest BCUT2D eigenvalue weighted by atomic mass is 15.1. The SMILES string of the molecule is c1ccc(-c2ccc(N(c3ccc4c5ccccc5c5ccccc5c4c3)c3ccc(-c4ccc5c(c4)C4(c6ccccc6-c6ccccc64)c4ccccc4-5)c4ccccc34)cc2)cc1. The molecule has 14 rings (SSSR count). The van der Waals surface area contributed by atoms with Gasteiger partial charge in [0, 0.05) is 16.8 Å². The zero-order valence-corrected chi connectivity index (χ0v) is 36.1. The van der Waals surface area contributed by atoms with Crippen LogP contribution >= 0.6 is 0 Å². The van der Waals surface area contributed by atoms with Gasteiger partial charge in [-0.15, -0.1) is 0 Å². The van der Waals surface area contributed by atoms with Gasteiger partial charge in [0.15, 0.2) is 0 Å². The third-order valence-electron chi connectivity index (χ3n) is 14.7. The maximum Gasteiger partial charge on any atom is 0.0725 e. The van der Waals surface area contributed by atoms with Crippen molar-refractivity contribution in [2.75, 3.05) is 4.90 Å². The van der Waals surface area contributed by atoms with Gasteiger partial charge in [-0.25, -0.2) is 0 Å². The van der Waals surface area contributed by atoms with Crippen LogP contribution in [0.3, 0.4) is 0 Å². The Morgan fingerprint density at radius 1 is 0.227 bits per heavy atom. The number of hydrogen-bond donors (Lipinski definition) is 0. The van der Waals surface area contributed by atoms with Crippen LogP contribution in [0, 0.1) is 0 Å². The van der Waals surface area contributed by atoms with E-state index >= 15 is 0 Å². The van der Waals surface area contributed by atoms with E-state index in [-0.39, 0.29) is 0 Å². The fourth-order valence-corrected chi connectivity index (χ4v) is 11.9. The molecule has 66 heavy (non-hydrogen) atoms. The van der Waals surface area contributed by atoms with Crippen LogP contribution < -0.4 is 4.90 Å². The van der Waals surface area contributed by atoms with Crippen molar-refractivity contribution in [3.05, 3.63) is 271 Å². The van der Waals surface area contributed by atoms with Crippen molar-refractivity contribution >= 4 is 60.2 Å². The van der Waals surface area contributed by atoms with Crippen LogP contribution in [0.2, 0.25) is 0 Å². The van der Waals surface area contributed by atoms with Gasteiger partial charge in [-0.05, 0) is 141 Å². The number of benzene rings is 12. The van der Waals surface area contributed by atoms with Crippen LogP contribution in [-0.2, 0) is 5.41 Å². The molecule has 0 saturated carbocycles. The standard InChI is InChI=1S/C65H41N/c1-2-16-42(17-3-1)43-30-33-45(34-31-43)66(46-35-37-53-51-21-5-4-19-49(51)50-20-6-7-22-52(50)59(53)41-46)64-39-38-47(48-18-8-9-26-58(48)64)44-32-36-57-56-25-12-15-29-62(56)65(63(57)40-44)60-27-13-10-23-54(60)55-24-11-14-28-61(55)65/h1-41H. The van der Waals surface area contributed by atoms with Crippen molar-refractivity contribution < 1.29 is 0 Å². The minimum absolute atomic E-state index is 0.404. The second-order valence-electron chi connectivity index (χ2n) is 17.9. The van der Waals surface area contributed by atoms with E-state index < -0.39 is 5.41 Å². The molecule has 0 aromatic heterocycles. The highest BCUT2D eigenvalue weighted by Gasteiger charge is 2.51. The Kier molecular flexibility index (Phi) is 7.97. The maximum atomic E-state index is 2.51. The topological polar surface area (TPSA) is 3.24 Å². The third-order valence-corrected chi connectivity index (χ3v) is 14.7. The van der Waals surface area contributed by atoms with E-state index in [0.29, 0.717) is 0 Å². The van der Waals surface area contributed by atoms with E-state index in [4.69, 9.17) is 0 Å². The van der Waals surface area contributed by atoms with Gasteiger partial charge in [0.05, 0.1) is 11.1 Å². The van der Waals surface area contributed by atoms with Gasteiger partial charge in [-0.3, -0.25) is 0 Å². The molecule has 0 aliphatic heterocycles. The molecule has 0 radical (unpaired) electrons. The number of hydrogen-bond acceptors (Lipinski definition) is 1. The Hall–Kier alpha value is -8.52. The number of rotatable bonds is 5. The monoisotopic (exact) mass is 835 g/mol. The maximum absolute atomic E-state index is 2.51. The first-order valence-electron chi connectivity index (χ1n) is 23.0. The lowest BCUT2D eigenvalue weighted by atomic mass is 9.70. The fraction of sp³-hybridized carbons (Fsp3) is 0.0154. The van der Waals surface area contributed by atoms with Gasteiger partial charge in [-0.1, -0.05) is 212 Å². The van der Waals surface area contributed by atoms with E-state index in [1.807, 2.05) is 0 Å². The normalized spacial score (nSPS) is 13.0. The molecule has 1 heteroatoms. The van der Waals surface area contributed by atoms with Crippen molar-refractivity contribution in [2.45, 2.75) is 5.41 Å². The minimum atomic E-state index is -0.404. The van der Waals surface area contributed by atoms with Crippen molar-refractivity contribution in [3.63, 3.8) is 0 Å². The molecule has 2 aliphatic carbocycles. The van der Waals surface area contributed by atoms with Gasteiger partial charge >= 0.3 is 0 Å². The second kappa shape index (κ2) is 14.2. The zero-order chi connectivity index (χ0) is 43.3. The smallest absolute Gasteiger partial charge is 0.0725 e. The van der Waals surface area contributed by atoms with E-state index in [9.17, 15) is 0 Å². The first kappa shape index (κ1) is 36.9. The fourth-order valence-electron chi connectivity index (χ4n) is 11.9. The summed E-state index contributed by atoms with van der Waals surface area (Å²) in [5, 5.41) is 10.0. The summed E-state index contributed by atoms with van der Waals surface area (Å²) < 4.78 is 0. The third kappa shape index (κ3) is 5.17. The molecule has 0 fully saturated rings. The molecule has 0 N–H and O–H groups in total. The number of nitrogens with zero attached hydrogens (tertiary/aromatic N) is 1. The molecule has 1 nitrogen and oxygen atoms in total. The van der Waals surface area contributed by atoms with Crippen molar-refractivity contribution in [3.8, 4) is 44.5 Å². The molecule has 12 aromatic carbocycles. The van der Waals surface area contributed by atoms with E-state index in [1.165, 1.54) is 110 Å². The molecule has 0 bridgehead atoms. The number of anilines is 3. The van der Waals surface area contributed by atoms with Crippen molar-refractivity contribution in [1.82, 2.24) is 0 Å². The van der Waals surface area contributed by atoms with Gasteiger partial charge in [0.2, 0.25) is 0 Å². The molecular weight excluding hydrogens is 795 g/mol. The van der Waals surface area contributed by atoms with E-state index in [2.05, 4.69) is 254 Å². The lowest BCUT2D eigenvalue weighted by Crippen LogP contribution is -2.25. The Bertz CT molecular complexity index is 3840. The van der Waals surface area contributed by atoms with Crippen LogP contribution in [-0.4, -0.2) is 0 Å². The summed E-state index contributed by atoms with van der Waals surface area (Å²) in [6.07, 6.45) is 0. The van der Waals surface area contributed by atoms with Gasteiger partial charge < -0.3 is 4.90 Å². The minimum Gasteiger partial charge on any atom is -0.310 e. The van der Waals surface area contributed by atoms with Crippen LogP contribution in [0.25, 0.3) is 87.6 Å². The largest absolute Gasteiger partial charge is 0.310 e. The number of fused-ring (bicyclic) bond motifs is 17. The molecule has 1 spiro atoms. The van der Waals surface area contributed by atoms with Crippen molar-refractivity contribution in [2.24, 2.45) is 0 Å². The average molecular weight is 836 g/mol. The summed E-state index contributed by atoms with van der Waals surface area (Å²) in [6, 6.07) is 92.6. The zero-order valence-electron chi connectivity index (χ0n) is 36.1. The van der Waals surface area contributed by atoms with E-state index in [0.717, 1.165) is 17.1 Å². The highest BCUT2D eigenvalue weighted by molar-refractivity contribution is 6.26. The van der Waals surface area contributed by atoms with Gasteiger partial charge in [0.25, 0.3) is 0 Å². The molecule has 2 aliphatic rings. The average Bonchev–Trinajstić information content (AvgIpc) is 3.86. The van der Waals surface area contributed by atoms with Crippen LogP contribution in [0.4, 0.5) is 17.1 Å². The second-order valence-corrected chi connectivity index (χ2v) is 17.9. The molecule has 0 saturated heterocycles. The summed E-state index contributed by atoms with van der Waals surface area (Å²) in [7, 11) is 0. The Labute approximate surface area is 384 Å². The lowest BCUT2D eigenvalue weighted by molar-refractivity contribution is 0.794. The summed E-state index contributed by atoms with van der Waals surface area (Å²) >= 11 is 0. The molecular formula is C65H41N. The molecule has 0 amide bonds. The summed E-state index contributed by atoms with van der Waals surface area (Å²) in [5.74, 6) is 0. The molecule has 0 atom stereocenters. The Morgan fingerprint density at radius 2 is 0.652 bits per heavy atom. The molecule has 12 aromatic rings. The van der Waals surface area contributed by atoms with Crippen LogP contribution in [0.5, 0.6) is 0 Å². The summed E-state index contributed by atoms with van der Waals surface area (Å²) in [4.78, 5) is 2.46. The highest BCUT2D eigenvalue weighted by Crippen LogP contribution is 2.63. The van der Waals surface area contributed by atoms with Gasteiger partial charge in [-0.2, -0.15) is 0 Å². The lowest BCUT2D eigenvalue weighted by Gasteiger charge is -2.31. The predicted octanol–water partition coefficient (Wildman–Crippen LogP) is 17.4. The van der Waals surface area contributed by atoms with E-state index in [1.54, 1.807) is 0 Å². The Balaban J connectivity index is 0.983. The first-order chi connectivity index (χ1) is 32.8. The quantitative estimate of drug-likeness (QED) is 0.156. The summed E-state index contributed by atoms with van der Waals surface area (Å²) in [5.41, 5.74) is 18.5. The molecule has 306 valence electrons. The summed E-state index contributed by atoms with van der Waals surface area (Å²) in [6.45, 7) is 0. The van der Waals surface area contributed by atoms with Crippen LogP contribution in [0.1, 0.15) is 22.3 Å². The first-order valence-corrected chi connectivity index (χ1v) is 23.0.